The summed E-state index contributed by atoms with van der Waals surface area (Å²) in [7, 11) is 0. The van der Waals surface area contributed by atoms with E-state index in [1.54, 1.807) is 0 Å². The van der Waals surface area contributed by atoms with E-state index in [0.717, 1.165) is 17.9 Å². The summed E-state index contributed by atoms with van der Waals surface area (Å²) in [6.45, 7) is 9.28. The Bertz CT molecular complexity index is 358. The summed E-state index contributed by atoms with van der Waals surface area (Å²) in [5, 5.41) is 6.05. The lowest BCUT2D eigenvalue weighted by molar-refractivity contribution is 0.328. The quantitative estimate of drug-likeness (QED) is 0.829. The number of thiophene rings is 1. The van der Waals surface area contributed by atoms with Crippen molar-refractivity contribution in [3.8, 4) is 0 Å². The highest BCUT2D eigenvalue weighted by molar-refractivity contribution is 7.10. The van der Waals surface area contributed by atoms with Crippen LogP contribution in [0.4, 0.5) is 0 Å². The first-order valence-corrected chi connectivity index (χ1v) is 7.81. The lowest BCUT2D eigenvalue weighted by Gasteiger charge is -2.25. The molecule has 0 radical (unpaired) electrons. The van der Waals surface area contributed by atoms with Gasteiger partial charge in [0.25, 0.3) is 0 Å². The molecule has 1 N–H and O–H groups in total. The smallest absolute Gasteiger partial charge is 0.0391 e. The van der Waals surface area contributed by atoms with Gasteiger partial charge in [0.2, 0.25) is 0 Å². The number of hydrogen-bond donors (Lipinski definition) is 1. The monoisotopic (exact) mass is 251 g/mol. The lowest BCUT2D eigenvalue weighted by Crippen LogP contribution is -2.34. The maximum Gasteiger partial charge on any atom is 0.0391 e. The predicted molar refractivity (Wildman–Crippen MR) is 76.6 cm³/mol. The standard InChI is InChI=1S/C15H25NS/c1-5-13-6-7-14(11(13)3)16-12(4)15-10(2)8-9-17-15/h8-9,11-14,16H,5-7H2,1-4H3. The number of nitrogens with one attached hydrogen (secondary N) is 1. The first-order chi connectivity index (χ1) is 8.13. The zero-order valence-electron chi connectivity index (χ0n) is 11.5. The predicted octanol–water partition coefficient (Wildman–Crippen LogP) is 4.53. The maximum absolute atomic E-state index is 3.85. The molecule has 17 heavy (non-hydrogen) atoms. The van der Waals surface area contributed by atoms with Gasteiger partial charge in [-0.25, -0.2) is 0 Å². The van der Waals surface area contributed by atoms with Gasteiger partial charge in [0.05, 0.1) is 0 Å². The molecule has 2 heteroatoms. The Labute approximate surface area is 110 Å². The number of hydrogen-bond acceptors (Lipinski definition) is 2. The van der Waals surface area contributed by atoms with Gasteiger partial charge in [0.15, 0.2) is 0 Å². The van der Waals surface area contributed by atoms with E-state index < -0.39 is 0 Å². The van der Waals surface area contributed by atoms with Crippen molar-refractivity contribution in [2.75, 3.05) is 0 Å². The van der Waals surface area contributed by atoms with Gasteiger partial charge in [0, 0.05) is 17.0 Å². The second-order valence-electron chi connectivity index (χ2n) is 5.57. The molecule has 1 nitrogen and oxygen atoms in total. The highest BCUT2D eigenvalue weighted by atomic mass is 32.1. The largest absolute Gasteiger partial charge is 0.306 e. The van der Waals surface area contributed by atoms with E-state index in [1.807, 2.05) is 11.3 Å². The molecule has 1 aliphatic rings. The molecule has 0 amide bonds. The van der Waals surface area contributed by atoms with Gasteiger partial charge in [-0.05, 0) is 55.5 Å². The summed E-state index contributed by atoms with van der Waals surface area (Å²) in [6.07, 6.45) is 4.10. The second-order valence-corrected chi connectivity index (χ2v) is 6.52. The van der Waals surface area contributed by atoms with Crippen LogP contribution in [-0.2, 0) is 0 Å². The molecular formula is C15H25NS. The van der Waals surface area contributed by atoms with Gasteiger partial charge >= 0.3 is 0 Å². The molecule has 4 atom stereocenters. The Balaban J connectivity index is 1.96. The van der Waals surface area contributed by atoms with Crippen molar-refractivity contribution in [2.45, 2.75) is 59.0 Å². The maximum atomic E-state index is 3.85. The summed E-state index contributed by atoms with van der Waals surface area (Å²) in [5.74, 6) is 1.77. The Morgan fingerprint density at radius 3 is 2.76 bits per heavy atom. The first kappa shape index (κ1) is 13.1. The van der Waals surface area contributed by atoms with Crippen LogP contribution in [-0.4, -0.2) is 6.04 Å². The second kappa shape index (κ2) is 5.53. The minimum absolute atomic E-state index is 0.512. The Kier molecular flexibility index (Phi) is 4.26. The fraction of sp³-hybridized carbons (Fsp3) is 0.733. The lowest BCUT2D eigenvalue weighted by atomic mass is 9.93. The molecule has 0 spiro atoms. The van der Waals surface area contributed by atoms with Gasteiger partial charge in [-0.3, -0.25) is 0 Å². The summed E-state index contributed by atoms with van der Waals surface area (Å²) >= 11 is 1.89. The molecule has 0 aliphatic heterocycles. The zero-order chi connectivity index (χ0) is 12.4. The van der Waals surface area contributed by atoms with Crippen LogP contribution in [0.1, 0.15) is 56.5 Å². The summed E-state index contributed by atoms with van der Waals surface area (Å²) in [6, 6.07) is 3.46. The van der Waals surface area contributed by atoms with Crippen molar-refractivity contribution >= 4 is 11.3 Å². The van der Waals surface area contributed by atoms with E-state index >= 15 is 0 Å². The molecule has 0 bridgehead atoms. The molecule has 1 aliphatic carbocycles. The van der Waals surface area contributed by atoms with Crippen LogP contribution in [0.15, 0.2) is 11.4 Å². The number of aryl methyl sites for hydroxylation is 1. The van der Waals surface area contributed by atoms with Gasteiger partial charge in [0.1, 0.15) is 0 Å². The van der Waals surface area contributed by atoms with E-state index in [9.17, 15) is 0 Å². The molecule has 1 saturated carbocycles. The van der Waals surface area contributed by atoms with Gasteiger partial charge < -0.3 is 5.32 Å². The summed E-state index contributed by atoms with van der Waals surface area (Å²) in [4.78, 5) is 1.51. The Morgan fingerprint density at radius 1 is 1.47 bits per heavy atom. The molecular weight excluding hydrogens is 226 g/mol. The molecule has 4 unspecified atom stereocenters. The Morgan fingerprint density at radius 2 is 2.24 bits per heavy atom. The van der Waals surface area contributed by atoms with Crippen molar-refractivity contribution in [3.63, 3.8) is 0 Å². The summed E-state index contributed by atoms with van der Waals surface area (Å²) < 4.78 is 0. The van der Waals surface area contributed by atoms with Gasteiger partial charge in [-0.1, -0.05) is 20.3 Å². The average Bonchev–Trinajstić information content (AvgIpc) is 2.87. The first-order valence-electron chi connectivity index (χ1n) is 6.93. The third-order valence-corrected chi connectivity index (χ3v) is 5.71. The van der Waals surface area contributed by atoms with Gasteiger partial charge in [-0.2, -0.15) is 0 Å². The molecule has 1 aromatic heterocycles. The van der Waals surface area contributed by atoms with E-state index in [0.29, 0.717) is 6.04 Å². The zero-order valence-corrected chi connectivity index (χ0v) is 12.3. The third-order valence-electron chi connectivity index (χ3n) is 4.51. The topological polar surface area (TPSA) is 12.0 Å². The fourth-order valence-corrected chi connectivity index (χ4v) is 4.23. The van der Waals surface area contributed by atoms with Crippen LogP contribution in [0, 0.1) is 18.8 Å². The fourth-order valence-electron chi connectivity index (χ4n) is 3.28. The number of rotatable bonds is 4. The third kappa shape index (κ3) is 2.74. The molecule has 96 valence electrons. The molecule has 2 rings (SSSR count). The molecule has 1 heterocycles. The van der Waals surface area contributed by atoms with Crippen molar-refractivity contribution < 1.29 is 0 Å². The minimum atomic E-state index is 0.512. The van der Waals surface area contributed by atoms with Crippen molar-refractivity contribution in [2.24, 2.45) is 11.8 Å². The van der Waals surface area contributed by atoms with Crippen LogP contribution in [0.25, 0.3) is 0 Å². The van der Waals surface area contributed by atoms with Crippen molar-refractivity contribution in [1.82, 2.24) is 5.32 Å². The normalized spacial score (nSPS) is 30.7. The SMILES string of the molecule is CCC1CCC(NC(C)c2sccc2C)C1C. The van der Waals surface area contributed by atoms with Crippen LogP contribution in [0.2, 0.25) is 0 Å². The Hall–Kier alpha value is -0.340. The average molecular weight is 251 g/mol. The van der Waals surface area contributed by atoms with Crippen LogP contribution >= 0.6 is 11.3 Å². The molecule has 0 saturated heterocycles. The van der Waals surface area contributed by atoms with Crippen LogP contribution in [0.3, 0.4) is 0 Å². The van der Waals surface area contributed by atoms with Gasteiger partial charge in [-0.15, -0.1) is 11.3 Å². The van der Waals surface area contributed by atoms with E-state index in [1.165, 1.54) is 29.7 Å². The minimum Gasteiger partial charge on any atom is -0.306 e. The van der Waals surface area contributed by atoms with Crippen molar-refractivity contribution in [1.29, 1.82) is 0 Å². The highest BCUT2D eigenvalue weighted by Crippen LogP contribution is 2.35. The highest BCUT2D eigenvalue weighted by Gasteiger charge is 2.32. The van der Waals surface area contributed by atoms with E-state index in [-0.39, 0.29) is 0 Å². The molecule has 1 fully saturated rings. The summed E-state index contributed by atoms with van der Waals surface area (Å²) in [5.41, 5.74) is 1.44. The van der Waals surface area contributed by atoms with Crippen LogP contribution in [0.5, 0.6) is 0 Å². The van der Waals surface area contributed by atoms with E-state index in [2.05, 4.69) is 44.5 Å². The molecule has 1 aromatic rings. The van der Waals surface area contributed by atoms with Crippen molar-refractivity contribution in [3.05, 3.63) is 21.9 Å². The van der Waals surface area contributed by atoms with Crippen LogP contribution < -0.4 is 5.32 Å². The van der Waals surface area contributed by atoms with E-state index in [4.69, 9.17) is 0 Å². The molecule has 0 aromatic carbocycles.